The maximum Gasteiger partial charge on any atom is 0.407 e. The van der Waals surface area contributed by atoms with Crippen molar-refractivity contribution >= 4 is 18.0 Å². The number of rotatable bonds is 10. The van der Waals surface area contributed by atoms with Crippen molar-refractivity contribution in [1.29, 1.82) is 0 Å². The van der Waals surface area contributed by atoms with E-state index in [0.717, 1.165) is 19.3 Å². The fourth-order valence-corrected chi connectivity index (χ4v) is 5.43. The van der Waals surface area contributed by atoms with Gasteiger partial charge in [0.15, 0.2) is 0 Å². The van der Waals surface area contributed by atoms with Gasteiger partial charge in [0, 0.05) is 31.3 Å². The molecule has 0 bridgehead atoms. The fourth-order valence-electron chi connectivity index (χ4n) is 5.43. The SMILES string of the molecule is CC(CCNC(=O)C[C@@H]1CCC[C@H]1NC(=O)OCC1c2ccccc2-c2ccccc21)CC(=O)O. The average Bonchev–Trinajstić information content (AvgIpc) is 3.39. The second-order valence-corrected chi connectivity index (χ2v) is 9.81. The second kappa shape index (κ2) is 11.4. The molecule has 2 amide bonds. The Morgan fingerprint density at radius 3 is 2.34 bits per heavy atom. The van der Waals surface area contributed by atoms with Crippen molar-refractivity contribution in [2.75, 3.05) is 13.2 Å². The highest BCUT2D eigenvalue weighted by atomic mass is 16.5. The lowest BCUT2D eigenvalue weighted by Gasteiger charge is -2.21. The van der Waals surface area contributed by atoms with Crippen LogP contribution in [0.3, 0.4) is 0 Å². The molecule has 0 saturated heterocycles. The molecule has 186 valence electrons. The molecule has 0 spiro atoms. The van der Waals surface area contributed by atoms with Crippen molar-refractivity contribution in [3.8, 4) is 11.1 Å². The van der Waals surface area contributed by atoms with Crippen LogP contribution in [0.4, 0.5) is 4.79 Å². The Bertz CT molecular complexity index is 1020. The molecule has 4 rings (SSSR count). The van der Waals surface area contributed by atoms with Gasteiger partial charge in [-0.15, -0.1) is 0 Å². The van der Waals surface area contributed by atoms with Gasteiger partial charge in [0.2, 0.25) is 5.91 Å². The summed E-state index contributed by atoms with van der Waals surface area (Å²) in [6.45, 7) is 2.60. The molecule has 2 aliphatic carbocycles. The number of ether oxygens (including phenoxy) is 1. The first-order valence-corrected chi connectivity index (χ1v) is 12.5. The average molecular weight is 479 g/mol. The molecular formula is C28H34N2O5. The van der Waals surface area contributed by atoms with Gasteiger partial charge in [-0.1, -0.05) is 61.9 Å². The maximum atomic E-state index is 12.7. The zero-order valence-electron chi connectivity index (χ0n) is 20.2. The number of carbonyl (C=O) groups is 3. The third-order valence-corrected chi connectivity index (χ3v) is 7.24. The summed E-state index contributed by atoms with van der Waals surface area (Å²) < 4.78 is 5.68. The molecule has 1 saturated carbocycles. The lowest BCUT2D eigenvalue weighted by atomic mass is 9.98. The minimum atomic E-state index is -0.822. The molecule has 2 aromatic rings. The molecule has 2 aliphatic rings. The van der Waals surface area contributed by atoms with Crippen LogP contribution >= 0.6 is 0 Å². The summed E-state index contributed by atoms with van der Waals surface area (Å²) in [5.74, 6) is -0.772. The Kier molecular flexibility index (Phi) is 8.06. The van der Waals surface area contributed by atoms with Gasteiger partial charge in [0.1, 0.15) is 6.61 Å². The zero-order valence-corrected chi connectivity index (χ0v) is 20.2. The molecular weight excluding hydrogens is 444 g/mol. The summed E-state index contributed by atoms with van der Waals surface area (Å²) in [4.78, 5) is 35.8. The number of fused-ring (bicyclic) bond motifs is 3. The van der Waals surface area contributed by atoms with Gasteiger partial charge in [0.25, 0.3) is 0 Å². The number of carboxylic acid groups (broad SMARTS) is 1. The van der Waals surface area contributed by atoms with Gasteiger partial charge in [-0.05, 0) is 53.4 Å². The largest absolute Gasteiger partial charge is 0.481 e. The van der Waals surface area contributed by atoms with Crippen LogP contribution in [0.2, 0.25) is 0 Å². The molecule has 1 unspecified atom stereocenters. The molecule has 1 fully saturated rings. The highest BCUT2D eigenvalue weighted by molar-refractivity contribution is 5.79. The number of benzene rings is 2. The minimum absolute atomic E-state index is 0.0156. The first-order chi connectivity index (χ1) is 16.9. The van der Waals surface area contributed by atoms with Crippen molar-refractivity contribution in [3.05, 3.63) is 59.7 Å². The normalized spacial score (nSPS) is 19.5. The van der Waals surface area contributed by atoms with Gasteiger partial charge >= 0.3 is 12.1 Å². The standard InChI is InChI=1S/C28H34N2O5/c1-18(15-27(32)33)13-14-29-26(31)16-19-7-6-12-25(19)30-28(34)35-17-24-22-10-4-2-8-20(22)21-9-3-5-11-23(21)24/h2-5,8-11,18-19,24-25H,6-7,12-17H2,1H3,(H,29,31)(H,30,34)(H,32,33)/t18?,19-,25+/m0/s1. The molecule has 0 heterocycles. The third-order valence-electron chi connectivity index (χ3n) is 7.24. The Morgan fingerprint density at radius 2 is 1.69 bits per heavy atom. The first-order valence-electron chi connectivity index (χ1n) is 12.5. The van der Waals surface area contributed by atoms with Gasteiger partial charge in [-0.3, -0.25) is 9.59 Å². The van der Waals surface area contributed by atoms with E-state index in [1.165, 1.54) is 22.3 Å². The van der Waals surface area contributed by atoms with Crippen molar-refractivity contribution in [1.82, 2.24) is 10.6 Å². The molecule has 0 aromatic heterocycles. The van der Waals surface area contributed by atoms with E-state index in [1.54, 1.807) is 0 Å². The summed E-state index contributed by atoms with van der Waals surface area (Å²) >= 11 is 0. The van der Waals surface area contributed by atoms with Crippen molar-refractivity contribution in [3.63, 3.8) is 0 Å². The Morgan fingerprint density at radius 1 is 1.03 bits per heavy atom. The molecule has 2 aromatic carbocycles. The van der Waals surface area contributed by atoms with Crippen molar-refractivity contribution < 1.29 is 24.2 Å². The van der Waals surface area contributed by atoms with Crippen LogP contribution in [0.5, 0.6) is 0 Å². The van der Waals surface area contributed by atoms with Gasteiger partial charge in [-0.25, -0.2) is 4.79 Å². The quantitative estimate of drug-likeness (QED) is 0.459. The number of hydrogen-bond donors (Lipinski definition) is 3. The summed E-state index contributed by atoms with van der Waals surface area (Å²) in [7, 11) is 0. The predicted molar refractivity (Wildman–Crippen MR) is 133 cm³/mol. The molecule has 0 radical (unpaired) electrons. The number of aliphatic carboxylic acids is 1. The van der Waals surface area contributed by atoms with Crippen LogP contribution in [0.1, 0.15) is 62.5 Å². The summed E-state index contributed by atoms with van der Waals surface area (Å²) in [5, 5.41) is 14.7. The monoisotopic (exact) mass is 478 g/mol. The Balaban J connectivity index is 1.25. The highest BCUT2D eigenvalue weighted by Gasteiger charge is 2.32. The van der Waals surface area contributed by atoms with E-state index in [4.69, 9.17) is 9.84 Å². The second-order valence-electron chi connectivity index (χ2n) is 9.81. The van der Waals surface area contributed by atoms with Gasteiger partial charge in [0.05, 0.1) is 0 Å². The molecule has 3 atom stereocenters. The summed E-state index contributed by atoms with van der Waals surface area (Å²) in [6, 6.07) is 16.4. The predicted octanol–water partition coefficient (Wildman–Crippen LogP) is 4.70. The summed E-state index contributed by atoms with van der Waals surface area (Å²) in [6.07, 6.45) is 3.32. The van der Waals surface area contributed by atoms with E-state index in [-0.39, 0.29) is 42.7 Å². The number of hydrogen-bond acceptors (Lipinski definition) is 4. The Labute approximate surface area is 206 Å². The van der Waals surface area contributed by atoms with E-state index in [9.17, 15) is 14.4 Å². The van der Waals surface area contributed by atoms with Crippen LogP contribution in [-0.4, -0.2) is 42.3 Å². The van der Waals surface area contributed by atoms with Crippen molar-refractivity contribution in [2.45, 2.75) is 57.4 Å². The first kappa shape index (κ1) is 24.8. The van der Waals surface area contributed by atoms with Crippen LogP contribution in [0, 0.1) is 11.8 Å². The van der Waals surface area contributed by atoms with E-state index >= 15 is 0 Å². The highest BCUT2D eigenvalue weighted by Crippen LogP contribution is 2.44. The summed E-state index contributed by atoms with van der Waals surface area (Å²) in [5.41, 5.74) is 4.73. The number of nitrogens with one attached hydrogen (secondary N) is 2. The molecule has 35 heavy (non-hydrogen) atoms. The smallest absolute Gasteiger partial charge is 0.407 e. The molecule has 7 nitrogen and oxygen atoms in total. The molecule has 7 heteroatoms. The zero-order chi connectivity index (χ0) is 24.8. The number of alkyl carbamates (subject to hydrolysis) is 1. The van der Waals surface area contributed by atoms with Gasteiger partial charge in [-0.2, -0.15) is 0 Å². The van der Waals surface area contributed by atoms with Gasteiger partial charge < -0.3 is 20.5 Å². The molecule has 0 aliphatic heterocycles. The topological polar surface area (TPSA) is 105 Å². The van der Waals surface area contributed by atoms with E-state index < -0.39 is 12.1 Å². The number of amides is 2. The molecule has 3 N–H and O–H groups in total. The lowest BCUT2D eigenvalue weighted by molar-refractivity contribution is -0.138. The fraction of sp³-hybridized carbons (Fsp3) is 0.464. The van der Waals surface area contributed by atoms with Crippen LogP contribution < -0.4 is 10.6 Å². The van der Waals surface area contributed by atoms with E-state index in [0.29, 0.717) is 19.4 Å². The number of carbonyl (C=O) groups excluding carboxylic acids is 2. The van der Waals surface area contributed by atoms with Crippen LogP contribution in [-0.2, 0) is 14.3 Å². The Hall–Kier alpha value is -3.35. The van der Waals surface area contributed by atoms with E-state index in [2.05, 4.69) is 34.9 Å². The van der Waals surface area contributed by atoms with Crippen LogP contribution in [0.25, 0.3) is 11.1 Å². The van der Waals surface area contributed by atoms with E-state index in [1.807, 2.05) is 31.2 Å². The van der Waals surface area contributed by atoms with Crippen LogP contribution in [0.15, 0.2) is 48.5 Å². The maximum absolute atomic E-state index is 12.7. The number of carboxylic acids is 1. The van der Waals surface area contributed by atoms with Crippen molar-refractivity contribution in [2.24, 2.45) is 11.8 Å². The minimum Gasteiger partial charge on any atom is -0.481 e. The lowest BCUT2D eigenvalue weighted by Crippen LogP contribution is -2.40. The third kappa shape index (κ3) is 6.21.